The van der Waals surface area contributed by atoms with Crippen molar-refractivity contribution >= 4 is 17.3 Å². The second-order valence-corrected chi connectivity index (χ2v) is 9.09. The molecule has 1 aromatic carbocycles. The van der Waals surface area contributed by atoms with Crippen LogP contribution in [-0.4, -0.2) is 54.8 Å². The zero-order chi connectivity index (χ0) is 21.9. The molecular weight excluding hydrogens is 424 g/mol. The molecule has 0 amide bonds. The summed E-state index contributed by atoms with van der Waals surface area (Å²) in [4.78, 5) is 15.9. The Bertz CT molecular complexity index is 1080. The van der Waals surface area contributed by atoms with Gasteiger partial charge >= 0.3 is 0 Å². The van der Waals surface area contributed by atoms with Crippen LogP contribution >= 0.6 is 11.3 Å². The maximum Gasteiger partial charge on any atom is 0.229 e. The zero-order valence-corrected chi connectivity index (χ0v) is 19.4. The minimum atomic E-state index is 0.619. The molecule has 3 aromatic rings. The van der Waals surface area contributed by atoms with Gasteiger partial charge in [-0.3, -0.25) is 4.90 Å². The van der Waals surface area contributed by atoms with Crippen molar-refractivity contribution < 1.29 is 14.2 Å². The molecule has 0 atom stereocenters. The predicted octanol–water partition coefficient (Wildman–Crippen LogP) is 4.04. The largest absolute Gasteiger partial charge is 0.493 e. The molecule has 2 aliphatic rings. The summed E-state index contributed by atoms with van der Waals surface area (Å²) in [7, 11) is 1.65. The van der Waals surface area contributed by atoms with Gasteiger partial charge in [0.2, 0.25) is 11.8 Å². The van der Waals surface area contributed by atoms with Crippen molar-refractivity contribution in [2.75, 3.05) is 44.9 Å². The van der Waals surface area contributed by atoms with Crippen molar-refractivity contribution in [2.24, 2.45) is 0 Å². The van der Waals surface area contributed by atoms with Crippen molar-refractivity contribution in [3.63, 3.8) is 0 Å². The van der Waals surface area contributed by atoms with Gasteiger partial charge in [0.05, 0.1) is 31.6 Å². The number of hydrogen-bond acceptors (Lipinski definition) is 8. The number of aromatic nitrogens is 2. The lowest BCUT2D eigenvalue weighted by Crippen LogP contribution is -2.38. The van der Waals surface area contributed by atoms with E-state index in [-0.39, 0.29) is 0 Å². The first-order chi connectivity index (χ1) is 15.7. The summed E-state index contributed by atoms with van der Waals surface area (Å²) >= 11 is 1.82. The van der Waals surface area contributed by atoms with Gasteiger partial charge in [-0.05, 0) is 36.1 Å². The summed E-state index contributed by atoms with van der Waals surface area (Å²) in [6.07, 6.45) is 0.877. The molecule has 0 bridgehead atoms. The second kappa shape index (κ2) is 9.44. The lowest BCUT2D eigenvalue weighted by Gasteiger charge is -2.31. The number of hydrogen-bond donors (Lipinski definition) is 0. The second-order valence-electron chi connectivity index (χ2n) is 8.09. The fraction of sp³-hybridized carbons (Fsp3) is 0.417. The third kappa shape index (κ3) is 4.44. The molecule has 8 heteroatoms. The van der Waals surface area contributed by atoms with Crippen LogP contribution in [0.2, 0.25) is 0 Å². The average molecular weight is 453 g/mol. The third-order valence-corrected chi connectivity index (χ3v) is 7.00. The topological polar surface area (TPSA) is 60.0 Å². The molecule has 7 nitrogen and oxygen atoms in total. The Labute approximate surface area is 192 Å². The first kappa shape index (κ1) is 21.2. The SMILES string of the molecule is COc1ccccc1Oc1nc(N2CCOCC2)nc2c1CN(Cc1sccc1C)CC2. The number of morpholine rings is 1. The highest BCUT2D eigenvalue weighted by Crippen LogP contribution is 2.36. The molecule has 4 heterocycles. The van der Waals surface area contributed by atoms with Crippen LogP contribution in [0.1, 0.15) is 21.7 Å². The van der Waals surface area contributed by atoms with E-state index >= 15 is 0 Å². The van der Waals surface area contributed by atoms with Crippen molar-refractivity contribution in [2.45, 2.75) is 26.4 Å². The highest BCUT2D eigenvalue weighted by Gasteiger charge is 2.27. The van der Waals surface area contributed by atoms with Crippen LogP contribution in [0.15, 0.2) is 35.7 Å². The Morgan fingerprint density at radius 1 is 1.06 bits per heavy atom. The number of nitrogens with zero attached hydrogens (tertiary/aromatic N) is 4. The van der Waals surface area contributed by atoms with Crippen molar-refractivity contribution in [1.82, 2.24) is 14.9 Å². The molecule has 1 fully saturated rings. The summed E-state index contributed by atoms with van der Waals surface area (Å²) < 4.78 is 17.4. The molecule has 0 radical (unpaired) electrons. The lowest BCUT2D eigenvalue weighted by atomic mass is 10.1. The molecule has 0 saturated carbocycles. The number of thiophene rings is 1. The van der Waals surface area contributed by atoms with Gasteiger partial charge in [-0.15, -0.1) is 11.3 Å². The molecule has 0 aliphatic carbocycles. The number of methoxy groups -OCH3 is 1. The smallest absolute Gasteiger partial charge is 0.229 e. The molecule has 168 valence electrons. The van der Waals surface area contributed by atoms with Gasteiger partial charge < -0.3 is 19.1 Å². The standard InChI is InChI=1S/C24H28N4O3S/c1-17-8-14-32-22(17)16-27-9-7-19-18(15-27)23(31-21-6-4-3-5-20(21)29-2)26-24(25-19)28-10-12-30-13-11-28/h3-6,8,14H,7,9-13,15-16H2,1-2H3. The molecule has 2 aliphatic heterocycles. The van der Waals surface area contributed by atoms with Gasteiger partial charge in [-0.1, -0.05) is 12.1 Å². The third-order valence-electron chi connectivity index (χ3n) is 5.99. The van der Waals surface area contributed by atoms with Crippen LogP contribution in [-0.2, 0) is 24.2 Å². The van der Waals surface area contributed by atoms with E-state index in [1.165, 1.54) is 10.4 Å². The lowest BCUT2D eigenvalue weighted by molar-refractivity contribution is 0.122. The van der Waals surface area contributed by atoms with Gasteiger partial charge in [0.25, 0.3) is 0 Å². The van der Waals surface area contributed by atoms with Crippen LogP contribution in [0, 0.1) is 6.92 Å². The van der Waals surface area contributed by atoms with E-state index in [9.17, 15) is 0 Å². The summed E-state index contributed by atoms with van der Waals surface area (Å²) in [6.45, 7) is 7.81. The van der Waals surface area contributed by atoms with Crippen LogP contribution < -0.4 is 14.4 Å². The predicted molar refractivity (Wildman–Crippen MR) is 125 cm³/mol. The van der Waals surface area contributed by atoms with E-state index in [1.807, 2.05) is 35.6 Å². The van der Waals surface area contributed by atoms with Crippen LogP contribution in [0.5, 0.6) is 17.4 Å². The van der Waals surface area contributed by atoms with Gasteiger partial charge in [0.1, 0.15) is 0 Å². The molecule has 0 spiro atoms. The molecular formula is C24H28N4O3S. The Hall–Kier alpha value is -2.68. The number of para-hydroxylation sites is 2. The number of anilines is 1. The van der Waals surface area contributed by atoms with E-state index in [0.717, 1.165) is 56.4 Å². The van der Waals surface area contributed by atoms with Gasteiger partial charge in [0.15, 0.2) is 11.5 Å². The highest BCUT2D eigenvalue weighted by molar-refractivity contribution is 7.10. The first-order valence-electron chi connectivity index (χ1n) is 11.0. The van der Waals surface area contributed by atoms with Crippen molar-refractivity contribution in [3.8, 4) is 17.4 Å². The number of fused-ring (bicyclic) bond motifs is 1. The van der Waals surface area contributed by atoms with Gasteiger partial charge in [-0.2, -0.15) is 4.98 Å². The zero-order valence-electron chi connectivity index (χ0n) is 18.5. The van der Waals surface area contributed by atoms with E-state index in [2.05, 4.69) is 28.2 Å². The van der Waals surface area contributed by atoms with Gasteiger partial charge in [-0.25, -0.2) is 4.98 Å². The van der Waals surface area contributed by atoms with Crippen molar-refractivity contribution in [3.05, 3.63) is 57.4 Å². The maximum absolute atomic E-state index is 6.38. The molecule has 2 aromatic heterocycles. The first-order valence-corrected chi connectivity index (χ1v) is 11.9. The summed E-state index contributed by atoms with van der Waals surface area (Å²) in [5.74, 6) is 2.69. The van der Waals surface area contributed by atoms with E-state index in [4.69, 9.17) is 24.2 Å². The Morgan fingerprint density at radius 3 is 2.62 bits per heavy atom. The van der Waals surface area contributed by atoms with Crippen LogP contribution in [0.4, 0.5) is 5.95 Å². The van der Waals surface area contributed by atoms with Crippen molar-refractivity contribution in [1.29, 1.82) is 0 Å². The molecule has 0 N–H and O–H groups in total. The van der Waals surface area contributed by atoms with E-state index < -0.39 is 0 Å². The Balaban J connectivity index is 1.48. The molecule has 0 unspecified atom stereocenters. The van der Waals surface area contributed by atoms with Crippen LogP contribution in [0.25, 0.3) is 0 Å². The summed E-state index contributed by atoms with van der Waals surface area (Å²) in [5.41, 5.74) is 3.49. The van der Waals surface area contributed by atoms with Gasteiger partial charge in [0, 0.05) is 44.0 Å². The fourth-order valence-electron chi connectivity index (χ4n) is 4.13. The normalized spacial score (nSPS) is 16.6. The van der Waals surface area contributed by atoms with Crippen LogP contribution in [0.3, 0.4) is 0 Å². The Kier molecular flexibility index (Phi) is 6.25. The summed E-state index contributed by atoms with van der Waals surface area (Å²) in [5, 5.41) is 2.16. The fourth-order valence-corrected chi connectivity index (χ4v) is 5.08. The minimum Gasteiger partial charge on any atom is -0.493 e. The molecule has 1 saturated heterocycles. The molecule has 32 heavy (non-hydrogen) atoms. The summed E-state index contributed by atoms with van der Waals surface area (Å²) in [6, 6.07) is 9.88. The maximum atomic E-state index is 6.38. The van der Waals surface area contributed by atoms with E-state index in [1.54, 1.807) is 7.11 Å². The monoisotopic (exact) mass is 452 g/mol. The van der Waals surface area contributed by atoms with E-state index in [0.29, 0.717) is 30.6 Å². The minimum absolute atomic E-state index is 0.619. The number of rotatable bonds is 6. The molecule has 5 rings (SSSR count). The average Bonchev–Trinajstić information content (AvgIpc) is 3.24. The number of benzene rings is 1. The number of aryl methyl sites for hydroxylation is 1. The Morgan fingerprint density at radius 2 is 1.88 bits per heavy atom. The number of ether oxygens (including phenoxy) is 3. The highest BCUT2D eigenvalue weighted by atomic mass is 32.1. The quantitative estimate of drug-likeness (QED) is 0.559.